The van der Waals surface area contributed by atoms with E-state index >= 15 is 0 Å². The first kappa shape index (κ1) is 15.2. The van der Waals surface area contributed by atoms with Crippen molar-refractivity contribution in [3.63, 3.8) is 0 Å². The third kappa shape index (κ3) is 3.21. The van der Waals surface area contributed by atoms with E-state index in [1.807, 2.05) is 6.92 Å². The van der Waals surface area contributed by atoms with Crippen LogP contribution in [-0.2, 0) is 4.79 Å². The highest BCUT2D eigenvalue weighted by Gasteiger charge is 2.29. The van der Waals surface area contributed by atoms with Crippen molar-refractivity contribution in [1.82, 2.24) is 20.6 Å². The summed E-state index contributed by atoms with van der Waals surface area (Å²) in [6.45, 7) is 5.72. The summed E-state index contributed by atoms with van der Waals surface area (Å²) in [5.74, 6) is 2.54. The Kier molecular flexibility index (Phi) is 4.57. The average molecular weight is 303 g/mol. The zero-order valence-corrected chi connectivity index (χ0v) is 13.4. The molecular formula is C16H25N5O. The molecule has 2 aliphatic rings. The van der Waals surface area contributed by atoms with Crippen LogP contribution in [0.25, 0.3) is 0 Å². The Hall–Kier alpha value is -1.69. The minimum absolute atomic E-state index is 0.0719. The Labute approximate surface area is 131 Å². The maximum absolute atomic E-state index is 11.8. The molecule has 0 radical (unpaired) electrons. The number of aryl methyl sites for hydroxylation is 1. The summed E-state index contributed by atoms with van der Waals surface area (Å²) in [5.41, 5.74) is 1.16. The van der Waals surface area contributed by atoms with Gasteiger partial charge in [-0.15, -0.1) is 0 Å². The predicted octanol–water partition coefficient (Wildman–Crippen LogP) is 0.824. The predicted molar refractivity (Wildman–Crippen MR) is 86.0 cm³/mol. The van der Waals surface area contributed by atoms with Gasteiger partial charge in [0.15, 0.2) is 0 Å². The summed E-state index contributed by atoms with van der Waals surface area (Å²) in [6.07, 6.45) is 3.17. The Bertz CT molecular complexity index is 541. The third-order valence-electron chi connectivity index (χ3n) is 4.73. The van der Waals surface area contributed by atoms with Crippen LogP contribution in [-0.4, -0.2) is 49.1 Å². The number of carbonyl (C=O) groups is 1. The first-order valence-electron chi connectivity index (χ1n) is 8.20. The summed E-state index contributed by atoms with van der Waals surface area (Å²) < 4.78 is 0. The van der Waals surface area contributed by atoms with Gasteiger partial charge in [-0.1, -0.05) is 0 Å². The molecule has 6 heteroatoms. The number of hydrogen-bond donors (Lipinski definition) is 2. The van der Waals surface area contributed by atoms with Crippen LogP contribution in [0.2, 0.25) is 0 Å². The molecule has 0 spiro atoms. The monoisotopic (exact) mass is 303 g/mol. The highest BCUT2D eigenvalue weighted by molar-refractivity contribution is 5.79. The van der Waals surface area contributed by atoms with Gasteiger partial charge in [0, 0.05) is 37.8 Å². The molecule has 2 aliphatic heterocycles. The molecule has 3 rings (SSSR count). The van der Waals surface area contributed by atoms with Gasteiger partial charge in [-0.3, -0.25) is 4.79 Å². The van der Waals surface area contributed by atoms with E-state index in [4.69, 9.17) is 0 Å². The molecule has 0 bridgehead atoms. The molecule has 0 unspecified atom stereocenters. The van der Waals surface area contributed by atoms with Crippen LogP contribution in [0.1, 0.15) is 36.7 Å². The lowest BCUT2D eigenvalue weighted by atomic mass is 9.94. The maximum Gasteiger partial charge on any atom is 0.224 e. The molecule has 2 saturated heterocycles. The molecule has 0 aromatic carbocycles. The van der Waals surface area contributed by atoms with Crippen LogP contribution in [0.3, 0.4) is 0 Å². The molecule has 1 atom stereocenters. The molecule has 6 nitrogen and oxygen atoms in total. The molecule has 1 aromatic heterocycles. The van der Waals surface area contributed by atoms with E-state index in [0.29, 0.717) is 5.92 Å². The van der Waals surface area contributed by atoms with Gasteiger partial charge in [-0.2, -0.15) is 0 Å². The van der Waals surface area contributed by atoms with E-state index in [0.717, 1.165) is 62.8 Å². The number of rotatable bonds is 3. The fourth-order valence-corrected chi connectivity index (χ4v) is 3.45. The summed E-state index contributed by atoms with van der Waals surface area (Å²) in [5, 5.41) is 6.14. The van der Waals surface area contributed by atoms with Gasteiger partial charge in [0.1, 0.15) is 11.6 Å². The normalized spacial score (nSPS) is 22.8. The minimum Gasteiger partial charge on any atom is -0.359 e. The number of piperidine rings is 1. The summed E-state index contributed by atoms with van der Waals surface area (Å²) in [7, 11) is 1.70. The van der Waals surface area contributed by atoms with Gasteiger partial charge in [-0.25, -0.2) is 9.97 Å². The number of hydrogen-bond acceptors (Lipinski definition) is 5. The zero-order valence-electron chi connectivity index (χ0n) is 13.4. The second-order valence-corrected chi connectivity index (χ2v) is 6.27. The first-order chi connectivity index (χ1) is 10.7. The van der Waals surface area contributed by atoms with Crippen molar-refractivity contribution in [3.05, 3.63) is 17.6 Å². The molecule has 22 heavy (non-hydrogen) atoms. The van der Waals surface area contributed by atoms with Crippen molar-refractivity contribution in [1.29, 1.82) is 0 Å². The SMILES string of the molecule is CNC(=O)[C@@H]1CCN(c2cc(C3CCNCC3)nc(C)n2)C1. The number of anilines is 1. The number of amides is 1. The van der Waals surface area contributed by atoms with Crippen molar-refractivity contribution in [2.45, 2.75) is 32.1 Å². The average Bonchev–Trinajstić information content (AvgIpc) is 3.04. The fourth-order valence-electron chi connectivity index (χ4n) is 3.45. The van der Waals surface area contributed by atoms with Crippen molar-refractivity contribution in [2.75, 3.05) is 38.1 Å². The molecule has 3 heterocycles. The number of nitrogens with zero attached hydrogens (tertiary/aromatic N) is 3. The lowest BCUT2D eigenvalue weighted by molar-refractivity contribution is -0.123. The molecule has 0 aliphatic carbocycles. The minimum atomic E-state index is 0.0719. The lowest BCUT2D eigenvalue weighted by Crippen LogP contribution is -2.30. The van der Waals surface area contributed by atoms with E-state index in [2.05, 4.69) is 31.6 Å². The van der Waals surface area contributed by atoms with Gasteiger partial charge >= 0.3 is 0 Å². The summed E-state index contributed by atoms with van der Waals surface area (Å²) in [6, 6.07) is 2.13. The second-order valence-electron chi connectivity index (χ2n) is 6.27. The lowest BCUT2D eigenvalue weighted by Gasteiger charge is -2.24. The van der Waals surface area contributed by atoms with Crippen LogP contribution in [0.4, 0.5) is 5.82 Å². The van der Waals surface area contributed by atoms with Gasteiger partial charge < -0.3 is 15.5 Å². The smallest absolute Gasteiger partial charge is 0.224 e. The molecule has 2 N–H and O–H groups in total. The van der Waals surface area contributed by atoms with Crippen molar-refractivity contribution >= 4 is 11.7 Å². The van der Waals surface area contributed by atoms with Gasteiger partial charge in [0.05, 0.1) is 5.92 Å². The number of carbonyl (C=O) groups excluding carboxylic acids is 1. The van der Waals surface area contributed by atoms with E-state index < -0.39 is 0 Å². The van der Waals surface area contributed by atoms with E-state index in [9.17, 15) is 4.79 Å². The zero-order chi connectivity index (χ0) is 15.5. The van der Waals surface area contributed by atoms with Crippen molar-refractivity contribution in [3.8, 4) is 0 Å². The fraction of sp³-hybridized carbons (Fsp3) is 0.688. The standard InChI is InChI=1S/C16H25N5O/c1-11-19-14(12-3-6-18-7-4-12)9-15(20-11)21-8-5-13(10-21)16(22)17-2/h9,12-13,18H,3-8,10H2,1-2H3,(H,17,22)/t13-/m1/s1. The Morgan fingerprint density at radius 3 is 2.82 bits per heavy atom. The van der Waals surface area contributed by atoms with Gasteiger partial charge in [0.25, 0.3) is 0 Å². The van der Waals surface area contributed by atoms with Crippen LogP contribution in [0.5, 0.6) is 0 Å². The van der Waals surface area contributed by atoms with Crippen molar-refractivity contribution in [2.24, 2.45) is 5.92 Å². The number of aromatic nitrogens is 2. The Morgan fingerprint density at radius 1 is 1.32 bits per heavy atom. The van der Waals surface area contributed by atoms with Crippen LogP contribution < -0.4 is 15.5 Å². The van der Waals surface area contributed by atoms with Gasteiger partial charge in [0.2, 0.25) is 5.91 Å². The van der Waals surface area contributed by atoms with Crippen molar-refractivity contribution < 1.29 is 4.79 Å². The number of nitrogens with one attached hydrogen (secondary N) is 2. The second kappa shape index (κ2) is 6.60. The van der Waals surface area contributed by atoms with E-state index in [-0.39, 0.29) is 11.8 Å². The third-order valence-corrected chi connectivity index (χ3v) is 4.73. The molecule has 2 fully saturated rings. The molecule has 1 amide bonds. The largest absolute Gasteiger partial charge is 0.359 e. The van der Waals surface area contributed by atoms with Crippen LogP contribution in [0, 0.1) is 12.8 Å². The molecular weight excluding hydrogens is 278 g/mol. The quantitative estimate of drug-likeness (QED) is 0.865. The summed E-state index contributed by atoms with van der Waals surface area (Å²) in [4.78, 5) is 23.3. The maximum atomic E-state index is 11.8. The highest BCUT2D eigenvalue weighted by Crippen LogP contribution is 2.28. The van der Waals surface area contributed by atoms with Gasteiger partial charge in [-0.05, 0) is 39.3 Å². The van der Waals surface area contributed by atoms with Crippen LogP contribution in [0.15, 0.2) is 6.07 Å². The molecule has 0 saturated carbocycles. The summed E-state index contributed by atoms with van der Waals surface area (Å²) >= 11 is 0. The molecule has 1 aromatic rings. The van der Waals surface area contributed by atoms with Crippen LogP contribution >= 0.6 is 0 Å². The Balaban J connectivity index is 1.76. The van der Waals surface area contributed by atoms with E-state index in [1.165, 1.54) is 0 Å². The Morgan fingerprint density at radius 2 is 2.09 bits per heavy atom. The molecule has 120 valence electrons. The van der Waals surface area contributed by atoms with E-state index in [1.54, 1.807) is 7.05 Å². The first-order valence-corrected chi connectivity index (χ1v) is 8.20. The highest BCUT2D eigenvalue weighted by atomic mass is 16.1. The topological polar surface area (TPSA) is 70.2 Å².